The van der Waals surface area contributed by atoms with Gasteiger partial charge in [0.15, 0.2) is 5.57 Å². The first-order chi connectivity index (χ1) is 13.0. The Kier molecular flexibility index (Phi) is 8.06. The lowest BCUT2D eigenvalue weighted by atomic mass is 10.2. The molecule has 1 aliphatic rings. The average molecular weight is 371 g/mol. The molecule has 1 atom stereocenters. The van der Waals surface area contributed by atoms with Gasteiger partial charge in [-0.15, -0.1) is 0 Å². The number of morpholine rings is 1. The van der Waals surface area contributed by atoms with Crippen LogP contribution in [0.4, 0.5) is 4.39 Å². The minimum absolute atomic E-state index is 0.0367. The van der Waals surface area contributed by atoms with Gasteiger partial charge in [0, 0.05) is 32.7 Å². The van der Waals surface area contributed by atoms with E-state index < -0.39 is 0 Å². The Morgan fingerprint density at radius 1 is 1.26 bits per heavy atom. The molecule has 0 spiro atoms. The lowest BCUT2D eigenvalue weighted by Gasteiger charge is -2.33. The Bertz CT molecular complexity index is 701. The highest BCUT2D eigenvalue weighted by molar-refractivity contribution is 5.38. The smallest absolute Gasteiger partial charge is 0.169 e. The highest BCUT2D eigenvalue weighted by atomic mass is 19.1. The van der Waals surface area contributed by atoms with Crippen LogP contribution in [0.15, 0.2) is 35.7 Å². The summed E-state index contributed by atoms with van der Waals surface area (Å²) in [5.74, 6) is 0.604. The molecule has 2 rings (SSSR count). The summed E-state index contributed by atoms with van der Waals surface area (Å²) >= 11 is 0. The Labute approximate surface area is 160 Å². The van der Waals surface area contributed by atoms with Crippen molar-refractivity contribution in [3.8, 4) is 12.1 Å². The predicted octanol–water partition coefficient (Wildman–Crippen LogP) is 2.12. The van der Waals surface area contributed by atoms with E-state index in [1.807, 2.05) is 12.1 Å². The SMILES string of the molecule is CC(C)CNC(NCC1CN(Cc2ccc(F)cc2)CCO1)=C(C#N)C#N. The maximum Gasteiger partial charge on any atom is 0.169 e. The number of hydrogen-bond acceptors (Lipinski definition) is 6. The van der Waals surface area contributed by atoms with Crippen LogP contribution in [0.3, 0.4) is 0 Å². The predicted molar refractivity (Wildman–Crippen MR) is 101 cm³/mol. The molecular weight excluding hydrogens is 345 g/mol. The third-order valence-electron chi connectivity index (χ3n) is 4.21. The zero-order valence-corrected chi connectivity index (χ0v) is 15.8. The second-order valence-electron chi connectivity index (χ2n) is 6.98. The molecule has 27 heavy (non-hydrogen) atoms. The van der Waals surface area contributed by atoms with Crippen molar-refractivity contribution in [1.82, 2.24) is 15.5 Å². The molecule has 1 aromatic carbocycles. The summed E-state index contributed by atoms with van der Waals surface area (Å²) in [6, 6.07) is 10.4. The van der Waals surface area contributed by atoms with E-state index in [9.17, 15) is 4.39 Å². The van der Waals surface area contributed by atoms with Crippen molar-refractivity contribution in [2.75, 3.05) is 32.8 Å². The zero-order chi connectivity index (χ0) is 19.6. The van der Waals surface area contributed by atoms with E-state index in [0.29, 0.717) is 31.4 Å². The number of ether oxygens (including phenoxy) is 1. The van der Waals surface area contributed by atoms with Crippen LogP contribution < -0.4 is 10.6 Å². The normalized spacial score (nSPS) is 17.0. The molecule has 0 aromatic heterocycles. The van der Waals surface area contributed by atoms with Gasteiger partial charge in [0.2, 0.25) is 0 Å². The van der Waals surface area contributed by atoms with Crippen molar-refractivity contribution in [2.24, 2.45) is 5.92 Å². The first kappa shape index (κ1) is 20.7. The van der Waals surface area contributed by atoms with Crippen molar-refractivity contribution in [2.45, 2.75) is 26.5 Å². The molecule has 1 aromatic rings. The molecule has 144 valence electrons. The van der Waals surface area contributed by atoms with Crippen LogP contribution in [-0.2, 0) is 11.3 Å². The van der Waals surface area contributed by atoms with E-state index in [4.69, 9.17) is 15.3 Å². The van der Waals surface area contributed by atoms with Crippen molar-refractivity contribution >= 4 is 0 Å². The Morgan fingerprint density at radius 3 is 2.59 bits per heavy atom. The fraction of sp³-hybridized carbons (Fsp3) is 0.500. The molecular formula is C20H26FN5O. The van der Waals surface area contributed by atoms with Crippen LogP contribution in [0.5, 0.6) is 0 Å². The van der Waals surface area contributed by atoms with Crippen LogP contribution in [-0.4, -0.2) is 43.8 Å². The quantitative estimate of drug-likeness (QED) is 0.681. The van der Waals surface area contributed by atoms with E-state index in [2.05, 4.69) is 29.4 Å². The summed E-state index contributed by atoms with van der Waals surface area (Å²) in [4.78, 5) is 2.25. The number of allylic oxidation sites excluding steroid dienone is 1. The highest BCUT2D eigenvalue weighted by Gasteiger charge is 2.21. The number of halogens is 1. The molecule has 0 radical (unpaired) electrons. The number of rotatable bonds is 8. The van der Waals surface area contributed by atoms with Gasteiger partial charge >= 0.3 is 0 Å². The van der Waals surface area contributed by atoms with Crippen LogP contribution in [0.2, 0.25) is 0 Å². The van der Waals surface area contributed by atoms with E-state index >= 15 is 0 Å². The summed E-state index contributed by atoms with van der Waals surface area (Å²) in [6.07, 6.45) is -0.0614. The molecule has 0 saturated carbocycles. The Morgan fingerprint density at radius 2 is 1.96 bits per heavy atom. The first-order valence-corrected chi connectivity index (χ1v) is 9.12. The van der Waals surface area contributed by atoms with Gasteiger partial charge in [0.1, 0.15) is 23.8 Å². The fourth-order valence-corrected chi connectivity index (χ4v) is 2.79. The number of hydrogen-bond donors (Lipinski definition) is 2. The van der Waals surface area contributed by atoms with Gasteiger partial charge in [0.05, 0.1) is 12.7 Å². The number of nitriles is 2. The average Bonchev–Trinajstić information content (AvgIpc) is 2.66. The second-order valence-corrected chi connectivity index (χ2v) is 6.98. The number of nitrogens with one attached hydrogen (secondary N) is 2. The maximum atomic E-state index is 13.0. The topological polar surface area (TPSA) is 84.1 Å². The maximum absolute atomic E-state index is 13.0. The van der Waals surface area contributed by atoms with Gasteiger partial charge < -0.3 is 15.4 Å². The molecule has 1 aliphatic heterocycles. The Hall–Kier alpha value is -2.61. The molecule has 1 heterocycles. The van der Waals surface area contributed by atoms with Gasteiger partial charge in [-0.25, -0.2) is 4.39 Å². The molecule has 0 amide bonds. The van der Waals surface area contributed by atoms with Gasteiger partial charge in [-0.3, -0.25) is 4.90 Å². The monoisotopic (exact) mass is 371 g/mol. The van der Waals surface area contributed by atoms with Gasteiger partial charge in [-0.05, 0) is 23.6 Å². The third kappa shape index (κ3) is 6.90. The van der Waals surface area contributed by atoms with E-state index in [0.717, 1.165) is 25.2 Å². The van der Waals surface area contributed by atoms with Crippen molar-refractivity contribution < 1.29 is 9.13 Å². The van der Waals surface area contributed by atoms with Crippen LogP contribution in [0, 0.1) is 34.4 Å². The summed E-state index contributed by atoms with van der Waals surface area (Å²) in [5.41, 5.74) is 1.09. The third-order valence-corrected chi connectivity index (χ3v) is 4.21. The van der Waals surface area contributed by atoms with Crippen molar-refractivity contribution in [3.63, 3.8) is 0 Å². The van der Waals surface area contributed by atoms with E-state index in [1.54, 1.807) is 12.1 Å². The standard InChI is InChI=1S/C20H26FN5O/c1-15(2)11-24-20(17(9-22)10-23)25-12-19-14-26(7-8-27-19)13-16-3-5-18(21)6-4-16/h3-6,15,19,24-25H,7-8,11-14H2,1-2H3. The van der Waals surface area contributed by atoms with Crippen LogP contribution in [0.1, 0.15) is 19.4 Å². The fourth-order valence-electron chi connectivity index (χ4n) is 2.79. The van der Waals surface area contributed by atoms with Gasteiger partial charge in [0.25, 0.3) is 0 Å². The van der Waals surface area contributed by atoms with E-state index in [1.165, 1.54) is 12.1 Å². The molecule has 0 bridgehead atoms. The van der Waals surface area contributed by atoms with Gasteiger partial charge in [-0.1, -0.05) is 26.0 Å². The lowest BCUT2D eigenvalue weighted by molar-refractivity contribution is -0.0291. The highest BCUT2D eigenvalue weighted by Crippen LogP contribution is 2.11. The van der Waals surface area contributed by atoms with E-state index in [-0.39, 0.29) is 17.5 Å². The second kappa shape index (κ2) is 10.5. The summed E-state index contributed by atoms with van der Waals surface area (Å²) in [7, 11) is 0. The zero-order valence-electron chi connectivity index (χ0n) is 15.8. The molecule has 1 fully saturated rings. The van der Waals surface area contributed by atoms with Crippen molar-refractivity contribution in [3.05, 3.63) is 47.0 Å². The van der Waals surface area contributed by atoms with Crippen molar-refractivity contribution in [1.29, 1.82) is 10.5 Å². The lowest BCUT2D eigenvalue weighted by Crippen LogP contribution is -2.47. The van der Waals surface area contributed by atoms with Crippen LogP contribution >= 0.6 is 0 Å². The molecule has 1 unspecified atom stereocenters. The van der Waals surface area contributed by atoms with Gasteiger partial charge in [-0.2, -0.15) is 10.5 Å². The minimum atomic E-state index is -0.234. The first-order valence-electron chi connectivity index (χ1n) is 9.12. The summed E-state index contributed by atoms with van der Waals surface area (Å²) in [5, 5.41) is 24.6. The molecule has 7 heteroatoms. The summed E-state index contributed by atoms with van der Waals surface area (Å²) in [6.45, 7) is 8.14. The summed E-state index contributed by atoms with van der Waals surface area (Å²) < 4.78 is 18.8. The number of nitrogens with zero attached hydrogens (tertiary/aromatic N) is 3. The number of benzene rings is 1. The molecule has 6 nitrogen and oxygen atoms in total. The Balaban J connectivity index is 1.91. The molecule has 2 N–H and O–H groups in total. The van der Waals surface area contributed by atoms with Crippen LogP contribution in [0.25, 0.3) is 0 Å². The largest absolute Gasteiger partial charge is 0.374 e. The minimum Gasteiger partial charge on any atom is -0.374 e. The molecule has 1 saturated heterocycles. The molecule has 0 aliphatic carbocycles.